The molecule has 0 aromatic carbocycles. The van der Waals surface area contributed by atoms with Gasteiger partial charge in [-0.2, -0.15) is 0 Å². The van der Waals surface area contributed by atoms with Crippen LogP contribution in [-0.4, -0.2) is 17.2 Å². The van der Waals surface area contributed by atoms with Crippen molar-refractivity contribution >= 4 is 11.7 Å². The summed E-state index contributed by atoms with van der Waals surface area (Å²) in [6.45, 7) is 3.02. The molecule has 0 aromatic heterocycles. The van der Waals surface area contributed by atoms with Crippen LogP contribution in [0.2, 0.25) is 0 Å². The van der Waals surface area contributed by atoms with Gasteiger partial charge in [-0.15, -0.1) is 0 Å². The molecule has 3 heteroatoms. The first-order valence-corrected chi connectivity index (χ1v) is 4.37. The van der Waals surface area contributed by atoms with Gasteiger partial charge in [0.1, 0.15) is 0 Å². The number of carbonyl (C=O) groups excluding carboxylic acids is 2. The van der Waals surface area contributed by atoms with Crippen molar-refractivity contribution in [1.82, 2.24) is 5.32 Å². The summed E-state index contributed by atoms with van der Waals surface area (Å²) in [7, 11) is 0. The van der Waals surface area contributed by atoms with Crippen LogP contribution in [0.1, 0.15) is 39.5 Å². The lowest BCUT2D eigenvalue weighted by atomic mass is 9.93. The molecule has 0 aromatic rings. The van der Waals surface area contributed by atoms with Gasteiger partial charge in [-0.1, -0.05) is 12.8 Å². The average Bonchev–Trinajstić information content (AvgIpc) is 2.35. The van der Waals surface area contributed by atoms with Crippen molar-refractivity contribution in [3.8, 4) is 0 Å². The summed E-state index contributed by atoms with van der Waals surface area (Å²) < 4.78 is 0. The van der Waals surface area contributed by atoms with Crippen molar-refractivity contribution in [1.29, 1.82) is 0 Å². The summed E-state index contributed by atoms with van der Waals surface area (Å²) >= 11 is 0. The quantitative estimate of drug-likeness (QED) is 0.671. The fourth-order valence-corrected chi connectivity index (χ4v) is 1.88. The van der Waals surface area contributed by atoms with Gasteiger partial charge in [0.25, 0.3) is 0 Å². The molecule has 68 valence electrons. The maximum absolute atomic E-state index is 11.3. The first-order chi connectivity index (χ1) is 5.57. The van der Waals surface area contributed by atoms with E-state index < -0.39 is 5.54 Å². The molecule has 12 heavy (non-hydrogen) atoms. The molecular weight excluding hydrogens is 154 g/mol. The normalized spacial score (nSPS) is 20.5. The van der Waals surface area contributed by atoms with E-state index in [9.17, 15) is 9.59 Å². The van der Waals surface area contributed by atoms with Gasteiger partial charge >= 0.3 is 0 Å². The van der Waals surface area contributed by atoms with E-state index in [-0.39, 0.29) is 11.7 Å². The molecule has 0 saturated heterocycles. The van der Waals surface area contributed by atoms with Gasteiger partial charge in [-0.3, -0.25) is 9.59 Å². The molecule has 0 bridgehead atoms. The van der Waals surface area contributed by atoms with Crippen LogP contribution >= 0.6 is 0 Å². The number of hydrogen-bond acceptors (Lipinski definition) is 2. The van der Waals surface area contributed by atoms with E-state index in [4.69, 9.17) is 0 Å². The van der Waals surface area contributed by atoms with E-state index >= 15 is 0 Å². The van der Waals surface area contributed by atoms with Crippen molar-refractivity contribution in [2.45, 2.75) is 45.1 Å². The zero-order valence-electron chi connectivity index (χ0n) is 7.64. The van der Waals surface area contributed by atoms with Crippen LogP contribution in [0, 0.1) is 0 Å². The third kappa shape index (κ3) is 1.65. The van der Waals surface area contributed by atoms with Crippen LogP contribution in [0.3, 0.4) is 0 Å². The standard InChI is InChI=1S/C9H15NO2/c1-7(11)9(10-8(2)12)5-3-4-6-9/h3-6H2,1-2H3,(H,10,12). The smallest absolute Gasteiger partial charge is 0.217 e. The number of nitrogens with one attached hydrogen (secondary N) is 1. The molecule has 0 aliphatic heterocycles. The molecule has 1 rings (SSSR count). The van der Waals surface area contributed by atoms with E-state index in [1.165, 1.54) is 6.92 Å². The third-order valence-corrected chi connectivity index (χ3v) is 2.55. The molecule has 1 amide bonds. The minimum Gasteiger partial charge on any atom is -0.344 e. The molecule has 1 aliphatic carbocycles. The van der Waals surface area contributed by atoms with Crippen molar-refractivity contribution in [3.05, 3.63) is 0 Å². The predicted molar refractivity (Wildman–Crippen MR) is 45.7 cm³/mol. The summed E-state index contributed by atoms with van der Waals surface area (Å²) in [6.07, 6.45) is 3.70. The van der Waals surface area contributed by atoms with Crippen LogP contribution in [0.25, 0.3) is 0 Å². The Morgan fingerprint density at radius 2 is 1.67 bits per heavy atom. The first-order valence-electron chi connectivity index (χ1n) is 4.37. The Kier molecular flexibility index (Phi) is 2.50. The van der Waals surface area contributed by atoms with Gasteiger partial charge in [-0.05, 0) is 19.8 Å². The van der Waals surface area contributed by atoms with E-state index in [0.717, 1.165) is 25.7 Å². The first kappa shape index (κ1) is 9.23. The van der Waals surface area contributed by atoms with Crippen molar-refractivity contribution in [2.24, 2.45) is 0 Å². The minimum atomic E-state index is -0.522. The van der Waals surface area contributed by atoms with Crippen molar-refractivity contribution < 1.29 is 9.59 Å². The van der Waals surface area contributed by atoms with Gasteiger partial charge in [0, 0.05) is 6.92 Å². The van der Waals surface area contributed by atoms with E-state index in [1.807, 2.05) is 0 Å². The Morgan fingerprint density at radius 1 is 1.17 bits per heavy atom. The number of ketones is 1. The number of Topliss-reactive ketones (excluding diaryl/α,β-unsaturated/α-hetero) is 1. The Morgan fingerprint density at radius 3 is 2.00 bits per heavy atom. The van der Waals surface area contributed by atoms with Gasteiger partial charge < -0.3 is 5.32 Å². The zero-order chi connectivity index (χ0) is 9.19. The second-order valence-electron chi connectivity index (χ2n) is 3.53. The van der Waals surface area contributed by atoms with E-state index in [1.54, 1.807) is 6.92 Å². The molecule has 1 aliphatic rings. The van der Waals surface area contributed by atoms with E-state index in [2.05, 4.69) is 5.32 Å². The summed E-state index contributed by atoms with van der Waals surface area (Å²) in [6, 6.07) is 0. The number of amides is 1. The lowest BCUT2D eigenvalue weighted by Crippen LogP contribution is -2.50. The maximum Gasteiger partial charge on any atom is 0.217 e. The van der Waals surface area contributed by atoms with Gasteiger partial charge in [0.2, 0.25) is 5.91 Å². The fraction of sp³-hybridized carbons (Fsp3) is 0.778. The fourth-order valence-electron chi connectivity index (χ4n) is 1.88. The summed E-state index contributed by atoms with van der Waals surface area (Å²) in [5.41, 5.74) is -0.522. The van der Waals surface area contributed by atoms with Crippen molar-refractivity contribution in [3.63, 3.8) is 0 Å². The highest BCUT2D eigenvalue weighted by Crippen LogP contribution is 2.30. The molecule has 1 fully saturated rings. The van der Waals surface area contributed by atoms with Crippen LogP contribution in [0.5, 0.6) is 0 Å². The lowest BCUT2D eigenvalue weighted by Gasteiger charge is -2.26. The summed E-state index contributed by atoms with van der Waals surface area (Å²) in [5.74, 6) is -0.0118. The maximum atomic E-state index is 11.3. The summed E-state index contributed by atoms with van der Waals surface area (Å²) in [4.78, 5) is 22.1. The van der Waals surface area contributed by atoms with Crippen LogP contribution in [-0.2, 0) is 9.59 Å². The monoisotopic (exact) mass is 169 g/mol. The molecular formula is C9H15NO2. The Labute approximate surface area is 72.5 Å². The molecule has 3 nitrogen and oxygen atoms in total. The molecule has 0 atom stereocenters. The molecule has 0 heterocycles. The third-order valence-electron chi connectivity index (χ3n) is 2.55. The second kappa shape index (κ2) is 3.25. The highest BCUT2D eigenvalue weighted by atomic mass is 16.2. The Bertz CT molecular complexity index is 205. The highest BCUT2D eigenvalue weighted by molar-refractivity contribution is 5.91. The number of rotatable bonds is 2. The van der Waals surface area contributed by atoms with Crippen LogP contribution in [0.4, 0.5) is 0 Å². The number of hydrogen-bond donors (Lipinski definition) is 1. The summed E-state index contributed by atoms with van der Waals surface area (Å²) in [5, 5.41) is 2.77. The topological polar surface area (TPSA) is 46.2 Å². The zero-order valence-corrected chi connectivity index (χ0v) is 7.64. The van der Waals surface area contributed by atoms with Crippen LogP contribution in [0.15, 0.2) is 0 Å². The second-order valence-corrected chi connectivity index (χ2v) is 3.53. The molecule has 1 N–H and O–H groups in total. The lowest BCUT2D eigenvalue weighted by molar-refractivity contribution is -0.129. The van der Waals surface area contributed by atoms with Crippen molar-refractivity contribution in [2.75, 3.05) is 0 Å². The molecule has 0 unspecified atom stereocenters. The van der Waals surface area contributed by atoms with Gasteiger partial charge in [0.05, 0.1) is 5.54 Å². The minimum absolute atomic E-state index is 0.0928. The highest BCUT2D eigenvalue weighted by Gasteiger charge is 2.38. The molecule has 0 radical (unpaired) electrons. The molecule has 0 spiro atoms. The van der Waals surface area contributed by atoms with E-state index in [0.29, 0.717) is 0 Å². The molecule has 1 saturated carbocycles. The van der Waals surface area contributed by atoms with Gasteiger partial charge in [-0.25, -0.2) is 0 Å². The predicted octanol–water partition coefficient (Wildman–Crippen LogP) is 1.02. The van der Waals surface area contributed by atoms with Crippen LogP contribution < -0.4 is 5.32 Å². The Hall–Kier alpha value is -0.860. The largest absolute Gasteiger partial charge is 0.344 e. The van der Waals surface area contributed by atoms with Gasteiger partial charge in [0.15, 0.2) is 5.78 Å². The average molecular weight is 169 g/mol. The number of carbonyl (C=O) groups is 2. The Balaban J connectivity index is 2.72. The SMILES string of the molecule is CC(=O)NC1(C(C)=O)CCCC1.